The van der Waals surface area contributed by atoms with E-state index in [9.17, 15) is 18.0 Å². The van der Waals surface area contributed by atoms with Gasteiger partial charge in [-0.25, -0.2) is 8.42 Å². The summed E-state index contributed by atoms with van der Waals surface area (Å²) in [6.07, 6.45) is 3.30. The Morgan fingerprint density at radius 1 is 1.23 bits per heavy atom. The average Bonchev–Trinajstić information content (AvgIpc) is 3.11. The highest BCUT2D eigenvalue weighted by atomic mass is 32.2. The molecule has 26 heavy (non-hydrogen) atoms. The van der Waals surface area contributed by atoms with Gasteiger partial charge in [-0.05, 0) is 18.2 Å². The third-order valence-corrected chi connectivity index (χ3v) is 5.92. The molecule has 0 aliphatic heterocycles. The first-order valence-electron chi connectivity index (χ1n) is 8.38. The lowest BCUT2D eigenvalue weighted by atomic mass is 10.3. The van der Waals surface area contributed by atoms with Crippen molar-refractivity contribution in [2.24, 2.45) is 0 Å². The van der Waals surface area contributed by atoms with Gasteiger partial charge < -0.3 is 14.3 Å². The lowest BCUT2D eigenvalue weighted by molar-refractivity contribution is -0.121. The molecule has 0 atom stereocenters. The topological polar surface area (TPSA) is 102 Å². The Morgan fingerprint density at radius 3 is 2.58 bits per heavy atom. The van der Waals surface area contributed by atoms with E-state index in [4.69, 9.17) is 4.42 Å². The van der Waals surface area contributed by atoms with Gasteiger partial charge in [0.25, 0.3) is 5.56 Å². The molecule has 142 valence electrons. The number of rotatable bonds is 9. The monoisotopic (exact) mass is 381 g/mol. The van der Waals surface area contributed by atoms with E-state index in [1.807, 2.05) is 0 Å². The van der Waals surface area contributed by atoms with Crippen molar-refractivity contribution >= 4 is 15.9 Å². The minimum Gasteiger partial charge on any atom is -0.469 e. The van der Waals surface area contributed by atoms with Gasteiger partial charge >= 0.3 is 0 Å². The fourth-order valence-electron chi connectivity index (χ4n) is 2.49. The Kier molecular flexibility index (Phi) is 6.76. The van der Waals surface area contributed by atoms with Crippen LogP contribution in [0.3, 0.4) is 0 Å². The molecular formula is C17H23N3O5S. The lowest BCUT2D eigenvalue weighted by Gasteiger charge is -2.19. The van der Waals surface area contributed by atoms with Gasteiger partial charge in [-0.15, -0.1) is 0 Å². The number of pyridine rings is 1. The van der Waals surface area contributed by atoms with Crippen molar-refractivity contribution in [3.05, 3.63) is 52.8 Å². The second-order valence-corrected chi connectivity index (χ2v) is 7.54. The summed E-state index contributed by atoms with van der Waals surface area (Å²) in [5.41, 5.74) is -0.440. The van der Waals surface area contributed by atoms with Crippen LogP contribution in [-0.4, -0.2) is 42.8 Å². The van der Waals surface area contributed by atoms with Gasteiger partial charge in [0, 0.05) is 38.3 Å². The van der Waals surface area contributed by atoms with Crippen LogP contribution in [0.15, 0.2) is 50.8 Å². The predicted molar refractivity (Wildman–Crippen MR) is 96.2 cm³/mol. The van der Waals surface area contributed by atoms with Crippen LogP contribution >= 0.6 is 0 Å². The van der Waals surface area contributed by atoms with Crippen molar-refractivity contribution < 1.29 is 17.6 Å². The van der Waals surface area contributed by atoms with E-state index in [1.165, 1.54) is 16.6 Å². The number of amides is 1. The zero-order chi connectivity index (χ0) is 19.2. The van der Waals surface area contributed by atoms with E-state index in [0.717, 1.165) is 16.4 Å². The number of carbonyl (C=O) groups is 1. The molecule has 0 unspecified atom stereocenters. The van der Waals surface area contributed by atoms with E-state index in [0.29, 0.717) is 26.1 Å². The first kappa shape index (κ1) is 19.9. The smallest absolute Gasteiger partial charge is 0.251 e. The maximum atomic E-state index is 12.5. The molecule has 2 rings (SSSR count). The summed E-state index contributed by atoms with van der Waals surface area (Å²) in [5, 5.41) is 2.68. The Hall–Kier alpha value is -2.39. The van der Waals surface area contributed by atoms with Gasteiger partial charge in [0.2, 0.25) is 15.9 Å². The third kappa shape index (κ3) is 4.83. The fourth-order valence-corrected chi connectivity index (χ4v) is 3.97. The Balaban J connectivity index is 2.07. The Morgan fingerprint density at radius 2 is 1.96 bits per heavy atom. The zero-order valence-electron chi connectivity index (χ0n) is 14.8. The van der Waals surface area contributed by atoms with E-state index in [2.05, 4.69) is 5.32 Å². The van der Waals surface area contributed by atoms with Crippen LogP contribution in [0.5, 0.6) is 0 Å². The van der Waals surface area contributed by atoms with Crippen LogP contribution in [0.25, 0.3) is 0 Å². The number of sulfonamides is 1. The highest BCUT2D eigenvalue weighted by Gasteiger charge is 2.22. The van der Waals surface area contributed by atoms with E-state index >= 15 is 0 Å². The molecule has 2 aromatic rings. The minimum absolute atomic E-state index is 0.0100. The number of carbonyl (C=O) groups excluding carboxylic acids is 1. The van der Waals surface area contributed by atoms with Gasteiger partial charge in [0.05, 0.1) is 11.2 Å². The maximum absolute atomic E-state index is 12.5. The summed E-state index contributed by atoms with van der Waals surface area (Å²) in [6, 6.07) is 5.99. The lowest BCUT2D eigenvalue weighted by Crippen LogP contribution is -2.35. The van der Waals surface area contributed by atoms with Crippen molar-refractivity contribution in [1.82, 2.24) is 14.2 Å². The summed E-state index contributed by atoms with van der Waals surface area (Å²) in [7, 11) is -3.69. The van der Waals surface area contributed by atoms with Crippen LogP contribution < -0.4 is 10.9 Å². The molecule has 1 N–H and O–H groups in total. The summed E-state index contributed by atoms with van der Waals surface area (Å²) >= 11 is 0. The summed E-state index contributed by atoms with van der Waals surface area (Å²) in [4.78, 5) is 24.0. The summed E-state index contributed by atoms with van der Waals surface area (Å²) < 4.78 is 32.7. The zero-order valence-corrected chi connectivity index (χ0v) is 15.7. The highest BCUT2D eigenvalue weighted by Crippen LogP contribution is 2.13. The molecule has 0 aliphatic rings. The molecule has 2 heterocycles. The molecule has 1 amide bonds. The molecule has 2 aromatic heterocycles. The van der Waals surface area contributed by atoms with E-state index in [-0.39, 0.29) is 17.3 Å². The fraction of sp³-hybridized carbons (Fsp3) is 0.412. The standard InChI is InChI=1S/C17H23N3O5S/c1-3-20(4-2)26(23,24)15-7-8-17(22)19(12-15)13-16(21)18-10-9-14-6-5-11-25-14/h5-8,11-12H,3-4,9-10,13H2,1-2H3,(H,18,21). The Bertz CT molecular complexity index is 883. The molecule has 0 saturated carbocycles. The minimum atomic E-state index is -3.69. The van der Waals surface area contributed by atoms with Crippen molar-refractivity contribution in [2.75, 3.05) is 19.6 Å². The summed E-state index contributed by atoms with van der Waals surface area (Å²) in [6.45, 7) is 4.24. The molecule has 0 radical (unpaired) electrons. The summed E-state index contributed by atoms with van der Waals surface area (Å²) in [5.74, 6) is 0.367. The molecular weight excluding hydrogens is 358 g/mol. The molecule has 0 saturated heterocycles. The van der Waals surface area contributed by atoms with Crippen LogP contribution in [0.1, 0.15) is 19.6 Å². The SMILES string of the molecule is CCN(CC)S(=O)(=O)c1ccc(=O)n(CC(=O)NCCc2ccco2)c1. The normalized spacial score (nSPS) is 11.7. The van der Waals surface area contributed by atoms with Crippen molar-refractivity contribution in [3.63, 3.8) is 0 Å². The van der Waals surface area contributed by atoms with Crippen LogP contribution in [0.2, 0.25) is 0 Å². The molecule has 0 spiro atoms. The third-order valence-electron chi connectivity index (χ3n) is 3.89. The first-order valence-corrected chi connectivity index (χ1v) is 9.82. The molecule has 9 heteroatoms. The number of hydrogen-bond donors (Lipinski definition) is 1. The quantitative estimate of drug-likeness (QED) is 0.693. The number of nitrogens with one attached hydrogen (secondary N) is 1. The number of aromatic nitrogens is 1. The van der Waals surface area contributed by atoms with Crippen LogP contribution in [0, 0.1) is 0 Å². The number of nitrogens with zero attached hydrogens (tertiary/aromatic N) is 2. The van der Waals surface area contributed by atoms with Crippen molar-refractivity contribution in [3.8, 4) is 0 Å². The second-order valence-electron chi connectivity index (χ2n) is 5.60. The highest BCUT2D eigenvalue weighted by molar-refractivity contribution is 7.89. The van der Waals surface area contributed by atoms with Crippen LogP contribution in [0.4, 0.5) is 0 Å². The second kappa shape index (κ2) is 8.81. The van der Waals surface area contributed by atoms with Gasteiger partial charge in [0.1, 0.15) is 12.3 Å². The van der Waals surface area contributed by atoms with Crippen molar-refractivity contribution in [1.29, 1.82) is 0 Å². The van der Waals surface area contributed by atoms with Gasteiger partial charge in [-0.3, -0.25) is 9.59 Å². The molecule has 0 fully saturated rings. The molecule has 8 nitrogen and oxygen atoms in total. The van der Waals surface area contributed by atoms with Crippen molar-refractivity contribution in [2.45, 2.75) is 31.7 Å². The largest absolute Gasteiger partial charge is 0.469 e. The van der Waals surface area contributed by atoms with E-state index in [1.54, 1.807) is 32.2 Å². The molecule has 0 bridgehead atoms. The number of hydrogen-bond acceptors (Lipinski definition) is 5. The van der Waals surface area contributed by atoms with Gasteiger partial charge in [0.15, 0.2) is 0 Å². The van der Waals surface area contributed by atoms with Gasteiger partial charge in [-0.2, -0.15) is 4.31 Å². The molecule has 0 aliphatic carbocycles. The van der Waals surface area contributed by atoms with Crippen LogP contribution in [-0.2, 0) is 27.8 Å². The average molecular weight is 381 g/mol. The number of furan rings is 1. The Labute approximate surface area is 152 Å². The van der Waals surface area contributed by atoms with E-state index < -0.39 is 15.6 Å². The maximum Gasteiger partial charge on any atom is 0.251 e. The first-order chi connectivity index (χ1) is 12.4. The molecule has 0 aromatic carbocycles. The van der Waals surface area contributed by atoms with Gasteiger partial charge in [-0.1, -0.05) is 13.8 Å². The predicted octanol–water partition coefficient (Wildman–Crippen LogP) is 0.831.